The van der Waals surface area contributed by atoms with Gasteiger partial charge < -0.3 is 10.2 Å². The number of carbonyl (C=O) groups is 2. The lowest BCUT2D eigenvalue weighted by Crippen LogP contribution is -2.42. The molecule has 1 fully saturated rings. The summed E-state index contributed by atoms with van der Waals surface area (Å²) in [5.41, 5.74) is -0.870. The molecule has 4 nitrogen and oxygen atoms in total. The molecule has 2 rings (SSSR count). The van der Waals surface area contributed by atoms with Gasteiger partial charge in [-0.1, -0.05) is 12.1 Å². The average Bonchev–Trinajstić information content (AvgIpc) is 3.24. The third kappa shape index (κ3) is 2.53. The molecule has 0 spiro atoms. The van der Waals surface area contributed by atoms with Crippen molar-refractivity contribution in [1.29, 1.82) is 0 Å². The molecule has 1 aromatic carbocycles. The highest BCUT2D eigenvalue weighted by Crippen LogP contribution is 2.48. The Hall–Kier alpha value is -1.91. The van der Waals surface area contributed by atoms with E-state index in [0.717, 1.165) is 0 Å². The zero-order valence-corrected chi connectivity index (χ0v) is 11.8. The molecule has 5 heteroatoms. The standard InChI is InChI=1S/C15H19FN2O2/c1-3-18(4-2)14(20)15(9-10-15)13(19)17-12-8-6-5-7-11(12)16/h5-8H,3-4,9-10H2,1-2H3,(H,17,19). The van der Waals surface area contributed by atoms with Crippen molar-refractivity contribution < 1.29 is 14.0 Å². The maximum absolute atomic E-state index is 13.5. The number of nitrogens with one attached hydrogen (secondary N) is 1. The quantitative estimate of drug-likeness (QED) is 0.841. The maximum atomic E-state index is 13.5. The minimum absolute atomic E-state index is 0.121. The second-order valence-corrected chi connectivity index (χ2v) is 4.99. The van der Waals surface area contributed by atoms with E-state index in [4.69, 9.17) is 0 Å². The summed E-state index contributed by atoms with van der Waals surface area (Å²) in [6.45, 7) is 4.91. The molecule has 1 aromatic rings. The minimum atomic E-state index is -0.992. The van der Waals surface area contributed by atoms with Crippen LogP contribution in [0.4, 0.5) is 10.1 Å². The van der Waals surface area contributed by atoms with Crippen LogP contribution in [0.1, 0.15) is 26.7 Å². The fourth-order valence-corrected chi connectivity index (χ4v) is 2.28. The molecule has 108 valence electrons. The average molecular weight is 278 g/mol. The first-order valence-electron chi connectivity index (χ1n) is 6.90. The fourth-order valence-electron chi connectivity index (χ4n) is 2.28. The third-order valence-electron chi connectivity index (χ3n) is 3.77. The van der Waals surface area contributed by atoms with E-state index >= 15 is 0 Å². The topological polar surface area (TPSA) is 49.4 Å². The molecule has 0 saturated heterocycles. The van der Waals surface area contributed by atoms with Gasteiger partial charge in [-0.3, -0.25) is 9.59 Å². The van der Waals surface area contributed by atoms with Crippen molar-refractivity contribution in [2.75, 3.05) is 18.4 Å². The van der Waals surface area contributed by atoms with Crippen LogP contribution in [0.25, 0.3) is 0 Å². The Morgan fingerprint density at radius 3 is 2.35 bits per heavy atom. The molecule has 0 aliphatic heterocycles. The molecule has 0 atom stereocenters. The Labute approximate surface area is 118 Å². The Bertz CT molecular complexity index is 522. The summed E-state index contributed by atoms with van der Waals surface area (Å²) >= 11 is 0. The van der Waals surface area contributed by atoms with Gasteiger partial charge in [0.2, 0.25) is 11.8 Å². The van der Waals surface area contributed by atoms with Gasteiger partial charge in [0, 0.05) is 13.1 Å². The van der Waals surface area contributed by atoms with Gasteiger partial charge >= 0.3 is 0 Å². The number of benzene rings is 1. The minimum Gasteiger partial charge on any atom is -0.342 e. The van der Waals surface area contributed by atoms with Crippen LogP contribution in [0.15, 0.2) is 24.3 Å². The Morgan fingerprint density at radius 2 is 1.85 bits per heavy atom. The summed E-state index contributed by atoms with van der Waals surface area (Å²) in [6, 6.07) is 5.97. The molecule has 20 heavy (non-hydrogen) atoms. The molecule has 0 heterocycles. The predicted octanol–water partition coefficient (Wildman–Crippen LogP) is 2.41. The number of para-hydroxylation sites is 1. The van der Waals surface area contributed by atoms with E-state index in [-0.39, 0.29) is 11.6 Å². The van der Waals surface area contributed by atoms with Crippen molar-refractivity contribution >= 4 is 17.5 Å². The normalized spacial score (nSPS) is 15.6. The first-order valence-corrected chi connectivity index (χ1v) is 6.90. The van der Waals surface area contributed by atoms with E-state index in [1.807, 2.05) is 13.8 Å². The predicted molar refractivity (Wildman–Crippen MR) is 74.6 cm³/mol. The number of anilines is 1. The van der Waals surface area contributed by atoms with Crippen LogP contribution in [0.2, 0.25) is 0 Å². The van der Waals surface area contributed by atoms with Crippen LogP contribution in [-0.4, -0.2) is 29.8 Å². The van der Waals surface area contributed by atoms with Crippen LogP contribution in [-0.2, 0) is 9.59 Å². The second-order valence-electron chi connectivity index (χ2n) is 4.99. The van der Waals surface area contributed by atoms with Crippen molar-refractivity contribution in [2.24, 2.45) is 5.41 Å². The van der Waals surface area contributed by atoms with Gasteiger partial charge in [-0.2, -0.15) is 0 Å². The SMILES string of the molecule is CCN(CC)C(=O)C1(C(=O)Nc2ccccc2F)CC1. The summed E-state index contributed by atoms with van der Waals surface area (Å²) in [6.07, 6.45) is 1.06. The van der Waals surface area contributed by atoms with Crippen LogP contribution >= 0.6 is 0 Å². The molecule has 1 aliphatic carbocycles. The summed E-state index contributed by atoms with van der Waals surface area (Å²) in [4.78, 5) is 26.3. The summed E-state index contributed by atoms with van der Waals surface area (Å²) in [5, 5.41) is 2.54. The molecule has 0 radical (unpaired) electrons. The van der Waals surface area contributed by atoms with Crippen LogP contribution in [0, 0.1) is 11.2 Å². The van der Waals surface area contributed by atoms with Crippen molar-refractivity contribution in [2.45, 2.75) is 26.7 Å². The summed E-state index contributed by atoms with van der Waals surface area (Å²) < 4.78 is 13.5. The van der Waals surface area contributed by atoms with Gasteiger partial charge in [-0.25, -0.2) is 4.39 Å². The number of hydrogen-bond acceptors (Lipinski definition) is 2. The van der Waals surface area contributed by atoms with Gasteiger partial charge in [0.1, 0.15) is 11.2 Å². The molecular formula is C15H19FN2O2. The number of rotatable bonds is 5. The highest BCUT2D eigenvalue weighted by atomic mass is 19.1. The first-order chi connectivity index (χ1) is 9.55. The van der Waals surface area contributed by atoms with Crippen molar-refractivity contribution in [3.8, 4) is 0 Å². The molecule has 1 aliphatic rings. The van der Waals surface area contributed by atoms with E-state index < -0.39 is 17.1 Å². The molecule has 2 amide bonds. The Kier molecular flexibility index (Phi) is 4.06. The lowest BCUT2D eigenvalue weighted by atomic mass is 10.0. The molecule has 0 bridgehead atoms. The van der Waals surface area contributed by atoms with Crippen molar-refractivity contribution in [3.63, 3.8) is 0 Å². The zero-order chi connectivity index (χ0) is 14.8. The first kappa shape index (κ1) is 14.5. The number of carbonyl (C=O) groups excluding carboxylic acids is 2. The summed E-state index contributed by atoms with van der Waals surface area (Å²) in [7, 11) is 0. The smallest absolute Gasteiger partial charge is 0.240 e. The number of nitrogens with zero attached hydrogens (tertiary/aromatic N) is 1. The van der Waals surface area contributed by atoms with Crippen LogP contribution in [0.5, 0.6) is 0 Å². The Balaban J connectivity index is 2.13. The van der Waals surface area contributed by atoms with Crippen LogP contribution in [0.3, 0.4) is 0 Å². The van der Waals surface area contributed by atoms with Gasteiger partial charge in [0.15, 0.2) is 0 Å². The highest BCUT2D eigenvalue weighted by molar-refractivity contribution is 6.13. The zero-order valence-electron chi connectivity index (χ0n) is 11.8. The molecule has 0 unspecified atom stereocenters. The molecule has 1 N–H and O–H groups in total. The summed E-state index contributed by atoms with van der Waals surface area (Å²) in [5.74, 6) is -1.05. The van der Waals surface area contributed by atoms with Crippen molar-refractivity contribution in [1.82, 2.24) is 4.90 Å². The van der Waals surface area contributed by atoms with E-state index in [1.165, 1.54) is 12.1 Å². The number of halogens is 1. The number of amides is 2. The fraction of sp³-hybridized carbons (Fsp3) is 0.467. The van der Waals surface area contributed by atoms with Crippen LogP contribution < -0.4 is 5.32 Å². The third-order valence-corrected chi connectivity index (χ3v) is 3.77. The lowest BCUT2D eigenvalue weighted by Gasteiger charge is -2.24. The van der Waals surface area contributed by atoms with E-state index in [2.05, 4.69) is 5.32 Å². The molecule has 0 aromatic heterocycles. The van der Waals surface area contributed by atoms with Gasteiger partial charge in [0.05, 0.1) is 5.69 Å². The maximum Gasteiger partial charge on any atom is 0.240 e. The van der Waals surface area contributed by atoms with Crippen molar-refractivity contribution in [3.05, 3.63) is 30.1 Å². The largest absolute Gasteiger partial charge is 0.342 e. The van der Waals surface area contributed by atoms with E-state index in [0.29, 0.717) is 25.9 Å². The highest BCUT2D eigenvalue weighted by Gasteiger charge is 2.57. The Morgan fingerprint density at radius 1 is 1.25 bits per heavy atom. The monoisotopic (exact) mass is 278 g/mol. The second kappa shape index (κ2) is 5.61. The van der Waals surface area contributed by atoms with E-state index in [9.17, 15) is 14.0 Å². The number of hydrogen-bond donors (Lipinski definition) is 1. The van der Waals surface area contributed by atoms with Gasteiger partial charge in [-0.15, -0.1) is 0 Å². The van der Waals surface area contributed by atoms with E-state index in [1.54, 1.807) is 17.0 Å². The van der Waals surface area contributed by atoms with Gasteiger partial charge in [-0.05, 0) is 38.8 Å². The lowest BCUT2D eigenvalue weighted by molar-refractivity contribution is -0.141. The molecular weight excluding hydrogens is 259 g/mol. The molecule has 1 saturated carbocycles. The van der Waals surface area contributed by atoms with Gasteiger partial charge in [0.25, 0.3) is 0 Å².